The van der Waals surface area contributed by atoms with Gasteiger partial charge in [-0.1, -0.05) is 0 Å². The highest BCUT2D eigenvalue weighted by molar-refractivity contribution is 4.94. The van der Waals surface area contributed by atoms with Gasteiger partial charge in [-0.25, -0.2) is 0 Å². The average Bonchev–Trinajstić information content (AvgIpc) is 2.36. The lowest BCUT2D eigenvalue weighted by molar-refractivity contribution is -0.0106. The Hall–Kier alpha value is -0.120. The van der Waals surface area contributed by atoms with Gasteiger partial charge in [-0.05, 0) is 52.4 Å². The normalized spacial score (nSPS) is 41.1. The molecule has 2 aliphatic heterocycles. The van der Waals surface area contributed by atoms with Crippen LogP contribution < -0.4 is 5.32 Å². The van der Waals surface area contributed by atoms with Gasteiger partial charge < -0.3 is 15.3 Å². The second-order valence-electron chi connectivity index (χ2n) is 5.00. The SMILES string of the molecule is CN1CCCC2(CC1)CNCCC2O. The highest BCUT2D eigenvalue weighted by Crippen LogP contribution is 2.37. The molecule has 0 aromatic heterocycles. The summed E-state index contributed by atoms with van der Waals surface area (Å²) in [7, 11) is 2.18. The third kappa shape index (κ3) is 1.95. The molecule has 0 radical (unpaired) electrons. The zero-order valence-corrected chi connectivity index (χ0v) is 9.13. The average molecular weight is 198 g/mol. The molecule has 82 valence electrons. The van der Waals surface area contributed by atoms with Gasteiger partial charge in [0, 0.05) is 12.0 Å². The first-order valence-electron chi connectivity index (χ1n) is 5.80. The van der Waals surface area contributed by atoms with E-state index in [0.29, 0.717) is 0 Å². The maximum Gasteiger partial charge on any atom is 0.0621 e. The lowest BCUT2D eigenvalue weighted by Crippen LogP contribution is -2.50. The van der Waals surface area contributed by atoms with E-state index in [-0.39, 0.29) is 11.5 Å². The van der Waals surface area contributed by atoms with Gasteiger partial charge in [0.25, 0.3) is 0 Å². The summed E-state index contributed by atoms with van der Waals surface area (Å²) in [5.41, 5.74) is 0.184. The first kappa shape index (κ1) is 10.4. The van der Waals surface area contributed by atoms with E-state index in [2.05, 4.69) is 17.3 Å². The molecule has 2 aliphatic rings. The summed E-state index contributed by atoms with van der Waals surface area (Å²) in [6.07, 6.45) is 4.43. The summed E-state index contributed by atoms with van der Waals surface area (Å²) in [4.78, 5) is 2.38. The quantitative estimate of drug-likeness (QED) is 0.593. The first-order chi connectivity index (χ1) is 6.73. The van der Waals surface area contributed by atoms with Crippen molar-refractivity contribution in [2.24, 2.45) is 5.41 Å². The second kappa shape index (κ2) is 4.17. The fourth-order valence-electron chi connectivity index (χ4n) is 2.86. The number of piperidine rings is 1. The lowest BCUT2D eigenvalue weighted by Gasteiger charge is -2.41. The molecule has 2 atom stereocenters. The molecule has 0 aromatic rings. The Bertz CT molecular complexity index is 198. The van der Waals surface area contributed by atoms with Crippen molar-refractivity contribution in [2.45, 2.75) is 31.8 Å². The number of nitrogens with zero attached hydrogens (tertiary/aromatic N) is 1. The maximum atomic E-state index is 10.1. The van der Waals surface area contributed by atoms with Crippen LogP contribution in [0.25, 0.3) is 0 Å². The van der Waals surface area contributed by atoms with Crippen molar-refractivity contribution < 1.29 is 5.11 Å². The number of hydrogen-bond acceptors (Lipinski definition) is 3. The molecule has 2 heterocycles. The summed E-state index contributed by atoms with van der Waals surface area (Å²) in [6.45, 7) is 4.33. The zero-order valence-electron chi connectivity index (χ0n) is 9.13. The zero-order chi connectivity index (χ0) is 10.0. The van der Waals surface area contributed by atoms with Crippen LogP contribution >= 0.6 is 0 Å². The van der Waals surface area contributed by atoms with Crippen molar-refractivity contribution in [3.8, 4) is 0 Å². The Kier molecular flexibility index (Phi) is 3.10. The van der Waals surface area contributed by atoms with Crippen LogP contribution in [0.3, 0.4) is 0 Å². The Morgan fingerprint density at radius 3 is 3.00 bits per heavy atom. The molecule has 2 N–H and O–H groups in total. The summed E-state index contributed by atoms with van der Waals surface area (Å²) in [5, 5.41) is 13.6. The molecule has 0 aliphatic carbocycles. The molecule has 3 nitrogen and oxygen atoms in total. The van der Waals surface area contributed by atoms with E-state index in [1.165, 1.54) is 19.4 Å². The lowest BCUT2D eigenvalue weighted by atomic mass is 9.72. The summed E-state index contributed by atoms with van der Waals surface area (Å²) >= 11 is 0. The fourth-order valence-corrected chi connectivity index (χ4v) is 2.86. The molecule has 0 aromatic carbocycles. The topological polar surface area (TPSA) is 35.5 Å². The van der Waals surface area contributed by atoms with E-state index in [9.17, 15) is 5.11 Å². The molecular formula is C11H22N2O. The van der Waals surface area contributed by atoms with E-state index in [1.807, 2.05) is 0 Å². The van der Waals surface area contributed by atoms with Crippen molar-refractivity contribution in [1.29, 1.82) is 0 Å². The van der Waals surface area contributed by atoms with Gasteiger partial charge in [0.15, 0.2) is 0 Å². The highest BCUT2D eigenvalue weighted by Gasteiger charge is 2.40. The molecule has 0 saturated carbocycles. The number of rotatable bonds is 0. The van der Waals surface area contributed by atoms with Crippen LogP contribution in [-0.2, 0) is 0 Å². The highest BCUT2D eigenvalue weighted by atomic mass is 16.3. The number of likely N-dealkylation sites (tertiary alicyclic amines) is 1. The van der Waals surface area contributed by atoms with E-state index < -0.39 is 0 Å². The molecule has 2 saturated heterocycles. The van der Waals surface area contributed by atoms with Gasteiger partial charge in [0.2, 0.25) is 0 Å². The molecule has 2 fully saturated rings. The molecule has 1 spiro atoms. The van der Waals surface area contributed by atoms with Gasteiger partial charge >= 0.3 is 0 Å². The first-order valence-corrected chi connectivity index (χ1v) is 5.80. The fraction of sp³-hybridized carbons (Fsp3) is 1.00. The summed E-state index contributed by atoms with van der Waals surface area (Å²) in [5.74, 6) is 0. The van der Waals surface area contributed by atoms with Gasteiger partial charge in [-0.15, -0.1) is 0 Å². The minimum absolute atomic E-state index is 0.0738. The minimum atomic E-state index is -0.0738. The monoisotopic (exact) mass is 198 g/mol. The summed E-state index contributed by atoms with van der Waals surface area (Å²) < 4.78 is 0. The Balaban J connectivity index is 2.04. The van der Waals surface area contributed by atoms with Crippen molar-refractivity contribution in [3.05, 3.63) is 0 Å². The number of nitrogens with one attached hydrogen (secondary N) is 1. The standard InChI is InChI=1S/C11H22N2O/c1-13-7-2-4-11(5-8-13)9-12-6-3-10(11)14/h10,12,14H,2-9H2,1H3. The van der Waals surface area contributed by atoms with E-state index in [1.54, 1.807) is 0 Å². The van der Waals surface area contributed by atoms with Crippen LogP contribution in [0.4, 0.5) is 0 Å². The van der Waals surface area contributed by atoms with Crippen LogP contribution in [-0.4, -0.2) is 49.3 Å². The van der Waals surface area contributed by atoms with Gasteiger partial charge in [-0.3, -0.25) is 0 Å². The largest absolute Gasteiger partial charge is 0.392 e. The van der Waals surface area contributed by atoms with Crippen molar-refractivity contribution >= 4 is 0 Å². The molecule has 2 unspecified atom stereocenters. The molecular weight excluding hydrogens is 176 g/mol. The van der Waals surface area contributed by atoms with Gasteiger partial charge in [0.05, 0.1) is 6.10 Å². The molecule has 0 amide bonds. The van der Waals surface area contributed by atoms with Crippen LogP contribution in [0.1, 0.15) is 25.7 Å². The molecule has 14 heavy (non-hydrogen) atoms. The predicted octanol–water partition coefficient (Wildman–Crippen LogP) is 0.443. The maximum absolute atomic E-state index is 10.1. The Labute approximate surface area is 86.5 Å². The molecule has 0 bridgehead atoms. The van der Waals surface area contributed by atoms with Crippen molar-refractivity contribution in [1.82, 2.24) is 10.2 Å². The van der Waals surface area contributed by atoms with Crippen LogP contribution in [0, 0.1) is 5.41 Å². The van der Waals surface area contributed by atoms with E-state index >= 15 is 0 Å². The Morgan fingerprint density at radius 1 is 1.36 bits per heavy atom. The number of aliphatic hydroxyl groups excluding tert-OH is 1. The molecule has 3 heteroatoms. The third-order valence-corrected chi connectivity index (χ3v) is 3.98. The van der Waals surface area contributed by atoms with Crippen LogP contribution in [0.5, 0.6) is 0 Å². The third-order valence-electron chi connectivity index (χ3n) is 3.98. The Morgan fingerprint density at radius 2 is 2.21 bits per heavy atom. The van der Waals surface area contributed by atoms with Crippen LogP contribution in [0.15, 0.2) is 0 Å². The van der Waals surface area contributed by atoms with Crippen molar-refractivity contribution in [3.63, 3.8) is 0 Å². The number of aliphatic hydroxyl groups is 1. The van der Waals surface area contributed by atoms with Gasteiger partial charge in [-0.2, -0.15) is 0 Å². The van der Waals surface area contributed by atoms with Gasteiger partial charge in [0.1, 0.15) is 0 Å². The molecule has 2 rings (SSSR count). The second-order valence-corrected chi connectivity index (χ2v) is 5.00. The minimum Gasteiger partial charge on any atom is -0.392 e. The smallest absolute Gasteiger partial charge is 0.0621 e. The van der Waals surface area contributed by atoms with E-state index in [0.717, 1.165) is 32.5 Å². The number of hydrogen-bond donors (Lipinski definition) is 2. The van der Waals surface area contributed by atoms with Crippen LogP contribution in [0.2, 0.25) is 0 Å². The predicted molar refractivity (Wildman–Crippen MR) is 57.3 cm³/mol. The van der Waals surface area contributed by atoms with Crippen molar-refractivity contribution in [2.75, 3.05) is 33.2 Å². The van der Waals surface area contributed by atoms with E-state index in [4.69, 9.17) is 0 Å². The summed E-state index contributed by atoms with van der Waals surface area (Å²) in [6, 6.07) is 0.